The topological polar surface area (TPSA) is 207 Å². The zero-order valence-electron chi connectivity index (χ0n) is 45.8. The van der Waals surface area contributed by atoms with E-state index < -0.39 is 48.3 Å². The average molecular weight is 1100 g/mol. The molecule has 16 nitrogen and oxygen atoms in total. The Bertz CT molecular complexity index is 2710. The minimum Gasteiger partial charge on any atom is -0.347 e. The number of nitrogens with one attached hydrogen (secondary N) is 6. The molecule has 2 aliphatic heterocycles. The molecule has 4 aliphatic rings. The summed E-state index contributed by atoms with van der Waals surface area (Å²) >= 11 is 3.10. The molecule has 9 rings (SSSR count). The van der Waals surface area contributed by atoms with E-state index in [9.17, 15) is 19.2 Å². The fourth-order valence-corrected chi connectivity index (χ4v) is 14.0. The number of benzene rings is 3. The van der Waals surface area contributed by atoms with E-state index in [1.54, 1.807) is 74.9 Å². The molecule has 18 heteroatoms. The van der Waals surface area contributed by atoms with E-state index in [2.05, 4.69) is 31.9 Å². The molecule has 8 atom stereocenters. The van der Waals surface area contributed by atoms with Gasteiger partial charge in [0.25, 0.3) is 11.8 Å². The molecule has 2 saturated heterocycles. The first-order valence-electron chi connectivity index (χ1n) is 28.0. The third kappa shape index (κ3) is 12.9. The molecule has 8 unspecified atom stereocenters. The number of amides is 6. The molecule has 4 heterocycles. The van der Waals surface area contributed by atoms with Crippen molar-refractivity contribution in [2.24, 2.45) is 11.8 Å². The minimum absolute atomic E-state index is 0.0146. The van der Waals surface area contributed by atoms with Crippen LogP contribution in [0.3, 0.4) is 0 Å². The Morgan fingerprint density at radius 3 is 1.23 bits per heavy atom. The van der Waals surface area contributed by atoms with Gasteiger partial charge in [0.05, 0.1) is 35.6 Å². The normalized spacial score (nSPS) is 21.6. The quantitative estimate of drug-likeness (QED) is 0.0498. The maximum atomic E-state index is 15.0. The number of thiazole rings is 2. The van der Waals surface area contributed by atoms with Crippen molar-refractivity contribution in [2.45, 2.75) is 153 Å². The Morgan fingerprint density at radius 2 is 0.885 bits per heavy atom. The highest BCUT2D eigenvalue weighted by atomic mass is 32.1. The average Bonchev–Trinajstić information content (AvgIpc) is 4.29. The molecule has 0 radical (unpaired) electrons. The number of likely N-dealkylation sites (tertiary alicyclic amines) is 2. The van der Waals surface area contributed by atoms with Gasteiger partial charge in [-0.05, 0) is 116 Å². The summed E-state index contributed by atoms with van der Waals surface area (Å²) in [4.78, 5) is 101. The maximum Gasteiger partial charge on any atom is 0.251 e. The summed E-state index contributed by atoms with van der Waals surface area (Å²) in [5.74, 6) is -1.51. The second-order valence-corrected chi connectivity index (χ2v) is 24.3. The highest BCUT2D eigenvalue weighted by Crippen LogP contribution is 2.42. The monoisotopic (exact) mass is 1100 g/mol. The van der Waals surface area contributed by atoms with Crippen molar-refractivity contribution in [1.82, 2.24) is 51.7 Å². The van der Waals surface area contributed by atoms with Crippen LogP contribution in [0.25, 0.3) is 22.5 Å². The lowest BCUT2D eigenvalue weighted by Gasteiger charge is -2.35. The molecule has 0 spiro atoms. The Kier molecular flexibility index (Phi) is 18.5. The van der Waals surface area contributed by atoms with Gasteiger partial charge in [-0.25, -0.2) is 9.97 Å². The Balaban J connectivity index is 0.920. The van der Waals surface area contributed by atoms with Gasteiger partial charge in [0.2, 0.25) is 23.6 Å². The molecule has 2 saturated carbocycles. The molecule has 0 bridgehead atoms. The van der Waals surface area contributed by atoms with Gasteiger partial charge in [-0.3, -0.25) is 28.8 Å². The van der Waals surface area contributed by atoms with E-state index in [-0.39, 0.29) is 60.4 Å². The summed E-state index contributed by atoms with van der Waals surface area (Å²) in [6.45, 7) is 8.09. The number of rotatable bonds is 18. The van der Waals surface area contributed by atoms with Crippen LogP contribution in [0, 0.1) is 25.7 Å². The van der Waals surface area contributed by atoms with Gasteiger partial charge >= 0.3 is 0 Å². The standard InChI is InChI=1S/C60H76N10O6S2/c1-35(61-5)53(71)65-51(41-23-15-9-16-24-41)59(75)69-33-45(31-47(69)57-67-49(37(3)77-57)39-19-11-7-12-20-39)63-55(73)43-27-29-44(30-28-43)56(74)64-46-32-48(58-68-50(38(4)78-58)40-21-13-8-14-22-40)70(34-46)60(76)52(42-25-17-10-18-26-42)66-54(72)36(2)62-6/h7-8,11-14,19-22,27-30,35-36,41-42,45-48,51-52,61-62H,9-10,15-18,23-26,31-34H2,1-6H3,(H,63,73)(H,64,74)(H,65,71)(H,66,72). The molecular weight excluding hydrogens is 1020 g/mol. The zero-order chi connectivity index (χ0) is 55.0. The molecular formula is C60H76N10O6S2. The van der Waals surface area contributed by atoms with Gasteiger partial charge in [0.1, 0.15) is 22.1 Å². The molecule has 4 fully saturated rings. The number of likely N-dealkylation sites (N-methyl/N-ethyl adjacent to an activating group) is 2. The van der Waals surface area contributed by atoms with Gasteiger partial charge in [-0.1, -0.05) is 99.2 Å². The van der Waals surface area contributed by atoms with Crippen LogP contribution in [0.2, 0.25) is 0 Å². The first-order valence-corrected chi connectivity index (χ1v) is 29.7. The third-order valence-electron chi connectivity index (χ3n) is 16.6. The van der Waals surface area contributed by atoms with Crippen molar-refractivity contribution in [2.75, 3.05) is 27.2 Å². The Labute approximate surface area is 466 Å². The van der Waals surface area contributed by atoms with E-state index in [0.29, 0.717) is 24.0 Å². The largest absolute Gasteiger partial charge is 0.347 e. The Hall–Kier alpha value is -6.34. The van der Waals surface area contributed by atoms with Crippen LogP contribution in [-0.4, -0.2) is 119 Å². The molecule has 3 aromatic carbocycles. The summed E-state index contributed by atoms with van der Waals surface area (Å²) in [7, 11) is 3.45. The predicted octanol–water partition coefficient (Wildman–Crippen LogP) is 8.04. The second-order valence-electron chi connectivity index (χ2n) is 21.8. The molecule has 2 aliphatic carbocycles. The lowest BCUT2D eigenvalue weighted by molar-refractivity contribution is -0.139. The van der Waals surface area contributed by atoms with Gasteiger partial charge in [-0.15, -0.1) is 22.7 Å². The van der Waals surface area contributed by atoms with Gasteiger partial charge in [0.15, 0.2) is 0 Å². The van der Waals surface area contributed by atoms with Crippen LogP contribution >= 0.6 is 22.7 Å². The van der Waals surface area contributed by atoms with Gasteiger partial charge < -0.3 is 41.7 Å². The lowest BCUT2D eigenvalue weighted by Crippen LogP contribution is -2.56. The van der Waals surface area contributed by atoms with E-state index >= 15 is 9.59 Å². The van der Waals surface area contributed by atoms with Crippen LogP contribution in [0.5, 0.6) is 0 Å². The van der Waals surface area contributed by atoms with Crippen LogP contribution in [0.4, 0.5) is 0 Å². The summed E-state index contributed by atoms with van der Waals surface area (Å²) in [5.41, 5.74) is 4.39. The van der Waals surface area contributed by atoms with Crippen LogP contribution in [-0.2, 0) is 19.2 Å². The van der Waals surface area contributed by atoms with Crippen LogP contribution in [0.1, 0.15) is 143 Å². The fraction of sp³-hybridized carbons (Fsp3) is 0.500. The van der Waals surface area contributed by atoms with Crippen molar-refractivity contribution in [3.05, 3.63) is 116 Å². The van der Waals surface area contributed by atoms with Crippen LogP contribution < -0.4 is 31.9 Å². The smallest absolute Gasteiger partial charge is 0.251 e. The minimum atomic E-state index is -0.722. The summed E-state index contributed by atoms with van der Waals surface area (Å²) < 4.78 is 0. The van der Waals surface area contributed by atoms with Gasteiger partial charge in [0, 0.05) is 57.2 Å². The number of carbonyl (C=O) groups is 6. The number of aryl methyl sites for hydroxylation is 2. The highest BCUT2D eigenvalue weighted by Gasteiger charge is 2.46. The summed E-state index contributed by atoms with van der Waals surface area (Å²) in [6.07, 6.45) is 10.4. The van der Waals surface area contributed by atoms with Crippen molar-refractivity contribution >= 4 is 58.1 Å². The number of hydrogen-bond acceptors (Lipinski definition) is 12. The van der Waals surface area contributed by atoms with Crippen LogP contribution in [0.15, 0.2) is 84.9 Å². The molecule has 2 aromatic heterocycles. The SMILES string of the molecule is CNC(C)C(=O)NC(C(=O)N1CC(NC(=O)c2ccc(C(=O)NC3CC(c4nc(-c5ccccc5)c(C)s4)N(C(=O)C(NC(=O)C(C)NC)C4CCCCC4)C3)cc2)CC1c1nc(-c2ccccc2)c(C)s1)C1CCCCC1. The fourth-order valence-electron chi connectivity index (χ4n) is 11.9. The number of carbonyl (C=O) groups excluding carboxylic acids is 6. The van der Waals surface area contributed by atoms with E-state index in [1.807, 2.05) is 84.3 Å². The van der Waals surface area contributed by atoms with Gasteiger partial charge in [-0.2, -0.15) is 0 Å². The van der Waals surface area contributed by atoms with Crippen molar-refractivity contribution in [3.8, 4) is 22.5 Å². The summed E-state index contributed by atoms with van der Waals surface area (Å²) in [5, 5.41) is 20.3. The van der Waals surface area contributed by atoms with Crippen molar-refractivity contribution < 1.29 is 28.8 Å². The maximum absolute atomic E-state index is 15.0. The van der Waals surface area contributed by atoms with Crippen molar-refractivity contribution in [3.63, 3.8) is 0 Å². The third-order valence-corrected chi connectivity index (χ3v) is 18.7. The number of aromatic nitrogens is 2. The molecule has 414 valence electrons. The van der Waals surface area contributed by atoms with Crippen molar-refractivity contribution in [1.29, 1.82) is 0 Å². The van der Waals surface area contributed by atoms with E-state index in [4.69, 9.17) is 9.97 Å². The molecule has 6 N–H and O–H groups in total. The van der Waals surface area contributed by atoms with E-state index in [0.717, 1.165) is 106 Å². The molecule has 5 aromatic rings. The highest BCUT2D eigenvalue weighted by molar-refractivity contribution is 7.12. The summed E-state index contributed by atoms with van der Waals surface area (Å²) in [6, 6.07) is 22.3. The van der Waals surface area contributed by atoms with E-state index in [1.165, 1.54) is 0 Å². The predicted molar refractivity (Wildman–Crippen MR) is 306 cm³/mol. The zero-order valence-corrected chi connectivity index (χ0v) is 47.4. The molecule has 6 amide bonds. The molecule has 78 heavy (non-hydrogen) atoms. The lowest BCUT2D eigenvalue weighted by atomic mass is 9.83. The number of nitrogens with zero attached hydrogens (tertiary/aromatic N) is 4. The first kappa shape index (κ1) is 56.4. The first-order chi connectivity index (χ1) is 37.7. The second kappa shape index (κ2) is 25.6. The Morgan fingerprint density at radius 1 is 0.526 bits per heavy atom. The number of hydrogen-bond donors (Lipinski definition) is 6.